The number of likely N-dealkylation sites (tertiary alicyclic amines) is 1. The zero-order chi connectivity index (χ0) is 15.0. The Balaban J connectivity index is 2.06. The number of carbonyl (C=O) groups excluding carboxylic acids is 1. The maximum atomic E-state index is 12.1. The molecule has 2 atom stereocenters. The second-order valence-corrected chi connectivity index (χ2v) is 7.08. The number of aliphatic carboxylic acids is 1. The van der Waals surface area contributed by atoms with E-state index in [0.717, 1.165) is 25.7 Å². The summed E-state index contributed by atoms with van der Waals surface area (Å²) in [6.07, 6.45) is 3.91. The quantitative estimate of drug-likeness (QED) is 0.803. The number of carbonyl (C=O) groups is 2. The predicted octanol–water partition coefficient (Wildman–Crippen LogP) is 2.89. The van der Waals surface area contributed by atoms with E-state index in [-0.39, 0.29) is 12.0 Å². The maximum absolute atomic E-state index is 12.1. The first-order valence-electron chi connectivity index (χ1n) is 7.46. The standard InChI is InChI=1S/C15H25NO4/c1-14(2,3)20-13(19)16-9-8-15(12(17)18)7-5-4-6-11(15)10-16/h11H,4-10H2,1-3H3,(H,17,18). The molecule has 5 heteroatoms. The molecule has 1 aliphatic heterocycles. The van der Waals surface area contributed by atoms with Gasteiger partial charge in [-0.3, -0.25) is 4.79 Å². The fourth-order valence-corrected chi connectivity index (χ4v) is 3.48. The van der Waals surface area contributed by atoms with Gasteiger partial charge in [0.1, 0.15) is 5.60 Å². The molecule has 114 valence electrons. The van der Waals surface area contributed by atoms with Crippen molar-refractivity contribution in [3.8, 4) is 0 Å². The molecular formula is C15H25NO4. The Morgan fingerprint density at radius 2 is 1.95 bits per heavy atom. The summed E-state index contributed by atoms with van der Waals surface area (Å²) in [5, 5.41) is 9.60. The Hall–Kier alpha value is -1.26. The van der Waals surface area contributed by atoms with E-state index in [0.29, 0.717) is 19.5 Å². The molecule has 2 rings (SSSR count). The molecule has 2 aliphatic rings. The van der Waals surface area contributed by atoms with Crippen LogP contribution < -0.4 is 0 Å². The van der Waals surface area contributed by atoms with Crippen molar-refractivity contribution in [1.82, 2.24) is 4.90 Å². The summed E-state index contributed by atoms with van der Waals surface area (Å²) in [5.74, 6) is -0.624. The minimum Gasteiger partial charge on any atom is -0.481 e. The minimum atomic E-state index is -0.689. The Morgan fingerprint density at radius 3 is 2.55 bits per heavy atom. The van der Waals surface area contributed by atoms with Gasteiger partial charge in [-0.25, -0.2) is 4.79 Å². The molecule has 1 heterocycles. The van der Waals surface area contributed by atoms with Crippen LogP contribution in [-0.2, 0) is 9.53 Å². The van der Waals surface area contributed by atoms with Crippen molar-refractivity contribution in [3.63, 3.8) is 0 Å². The predicted molar refractivity (Wildman–Crippen MR) is 74.5 cm³/mol. The van der Waals surface area contributed by atoms with E-state index in [1.807, 2.05) is 20.8 Å². The number of hydrogen-bond acceptors (Lipinski definition) is 3. The number of piperidine rings is 1. The summed E-state index contributed by atoms with van der Waals surface area (Å²) in [6, 6.07) is 0. The van der Waals surface area contributed by atoms with Crippen LogP contribution in [0.1, 0.15) is 52.9 Å². The summed E-state index contributed by atoms with van der Waals surface area (Å²) in [4.78, 5) is 25.5. The Kier molecular flexibility index (Phi) is 3.98. The normalized spacial score (nSPS) is 30.6. The Bertz CT molecular complexity index is 401. The number of hydrogen-bond donors (Lipinski definition) is 1. The van der Waals surface area contributed by atoms with Gasteiger partial charge in [-0.2, -0.15) is 0 Å². The zero-order valence-corrected chi connectivity index (χ0v) is 12.6. The molecule has 20 heavy (non-hydrogen) atoms. The average molecular weight is 283 g/mol. The van der Waals surface area contributed by atoms with E-state index in [9.17, 15) is 14.7 Å². The Morgan fingerprint density at radius 1 is 1.25 bits per heavy atom. The third-order valence-electron chi connectivity index (χ3n) is 4.55. The van der Waals surface area contributed by atoms with Crippen LogP contribution in [0.25, 0.3) is 0 Å². The molecule has 0 radical (unpaired) electrons. The van der Waals surface area contributed by atoms with Crippen LogP contribution in [0, 0.1) is 11.3 Å². The van der Waals surface area contributed by atoms with Gasteiger partial charge in [-0.05, 0) is 46.0 Å². The Labute approximate surface area is 120 Å². The molecule has 1 aliphatic carbocycles. The van der Waals surface area contributed by atoms with Crippen LogP contribution in [-0.4, -0.2) is 40.8 Å². The van der Waals surface area contributed by atoms with E-state index in [2.05, 4.69) is 0 Å². The van der Waals surface area contributed by atoms with Gasteiger partial charge in [-0.1, -0.05) is 12.8 Å². The van der Waals surface area contributed by atoms with Crippen molar-refractivity contribution in [3.05, 3.63) is 0 Å². The summed E-state index contributed by atoms with van der Waals surface area (Å²) < 4.78 is 5.39. The van der Waals surface area contributed by atoms with Crippen molar-refractivity contribution in [2.75, 3.05) is 13.1 Å². The SMILES string of the molecule is CC(C)(C)OC(=O)N1CCC2(C(=O)O)CCCCC2C1. The number of carboxylic acid groups (broad SMARTS) is 1. The lowest BCUT2D eigenvalue weighted by atomic mass is 9.62. The molecule has 1 saturated carbocycles. The summed E-state index contributed by atoms with van der Waals surface area (Å²) >= 11 is 0. The van der Waals surface area contributed by atoms with Crippen LogP contribution in [0.2, 0.25) is 0 Å². The highest BCUT2D eigenvalue weighted by atomic mass is 16.6. The van der Waals surface area contributed by atoms with Crippen LogP contribution in [0.4, 0.5) is 4.79 Å². The van der Waals surface area contributed by atoms with Gasteiger partial charge < -0.3 is 14.7 Å². The third kappa shape index (κ3) is 2.91. The topological polar surface area (TPSA) is 66.8 Å². The van der Waals surface area contributed by atoms with Crippen LogP contribution >= 0.6 is 0 Å². The van der Waals surface area contributed by atoms with Crippen molar-refractivity contribution >= 4 is 12.1 Å². The van der Waals surface area contributed by atoms with Gasteiger partial charge >= 0.3 is 12.1 Å². The van der Waals surface area contributed by atoms with Crippen molar-refractivity contribution in [2.45, 2.75) is 58.5 Å². The first-order valence-corrected chi connectivity index (χ1v) is 7.46. The summed E-state index contributed by atoms with van der Waals surface area (Å²) in [6.45, 7) is 6.53. The molecule has 0 aromatic carbocycles. The molecule has 2 fully saturated rings. The summed E-state index contributed by atoms with van der Waals surface area (Å²) in [7, 11) is 0. The molecule has 2 unspecified atom stereocenters. The maximum Gasteiger partial charge on any atom is 0.410 e. The van der Waals surface area contributed by atoms with Gasteiger partial charge in [0.05, 0.1) is 5.41 Å². The van der Waals surface area contributed by atoms with E-state index in [1.165, 1.54) is 0 Å². The van der Waals surface area contributed by atoms with Gasteiger partial charge in [0.2, 0.25) is 0 Å². The van der Waals surface area contributed by atoms with E-state index in [1.54, 1.807) is 4.90 Å². The second kappa shape index (κ2) is 5.26. The number of fused-ring (bicyclic) bond motifs is 1. The molecule has 0 aromatic rings. The lowest BCUT2D eigenvalue weighted by Gasteiger charge is -2.47. The van der Waals surface area contributed by atoms with E-state index in [4.69, 9.17) is 4.74 Å². The van der Waals surface area contributed by atoms with Gasteiger partial charge in [0, 0.05) is 13.1 Å². The monoisotopic (exact) mass is 283 g/mol. The molecule has 0 aromatic heterocycles. The van der Waals surface area contributed by atoms with Gasteiger partial charge in [0.25, 0.3) is 0 Å². The van der Waals surface area contributed by atoms with Crippen LogP contribution in [0.15, 0.2) is 0 Å². The molecule has 0 bridgehead atoms. The number of nitrogens with zero attached hydrogens (tertiary/aromatic N) is 1. The largest absolute Gasteiger partial charge is 0.481 e. The van der Waals surface area contributed by atoms with Crippen LogP contribution in [0.5, 0.6) is 0 Å². The molecule has 1 saturated heterocycles. The fraction of sp³-hybridized carbons (Fsp3) is 0.867. The van der Waals surface area contributed by atoms with E-state index < -0.39 is 17.0 Å². The number of rotatable bonds is 1. The van der Waals surface area contributed by atoms with Crippen molar-refractivity contribution < 1.29 is 19.4 Å². The minimum absolute atomic E-state index is 0.0648. The average Bonchev–Trinajstić information content (AvgIpc) is 2.35. The van der Waals surface area contributed by atoms with Gasteiger partial charge in [0.15, 0.2) is 0 Å². The molecule has 1 amide bonds. The lowest BCUT2D eigenvalue weighted by molar-refractivity contribution is -0.160. The second-order valence-electron chi connectivity index (χ2n) is 7.08. The first kappa shape index (κ1) is 15.1. The third-order valence-corrected chi connectivity index (χ3v) is 4.55. The fourth-order valence-electron chi connectivity index (χ4n) is 3.48. The van der Waals surface area contributed by atoms with E-state index >= 15 is 0 Å². The molecule has 0 spiro atoms. The van der Waals surface area contributed by atoms with Crippen molar-refractivity contribution in [1.29, 1.82) is 0 Å². The smallest absolute Gasteiger partial charge is 0.410 e. The first-order chi connectivity index (χ1) is 9.24. The van der Waals surface area contributed by atoms with Gasteiger partial charge in [-0.15, -0.1) is 0 Å². The number of carboxylic acids is 1. The highest BCUT2D eigenvalue weighted by Gasteiger charge is 2.50. The highest BCUT2D eigenvalue weighted by molar-refractivity contribution is 5.76. The molecule has 5 nitrogen and oxygen atoms in total. The highest BCUT2D eigenvalue weighted by Crippen LogP contribution is 2.47. The number of ether oxygens (including phenoxy) is 1. The molecular weight excluding hydrogens is 258 g/mol. The summed E-state index contributed by atoms with van der Waals surface area (Å²) in [5.41, 5.74) is -1.12. The number of amides is 1. The van der Waals surface area contributed by atoms with Crippen molar-refractivity contribution in [2.24, 2.45) is 11.3 Å². The van der Waals surface area contributed by atoms with Crippen LogP contribution in [0.3, 0.4) is 0 Å². The lowest BCUT2D eigenvalue weighted by Crippen LogP contribution is -2.54. The molecule has 1 N–H and O–H groups in total. The zero-order valence-electron chi connectivity index (χ0n) is 12.6.